The van der Waals surface area contributed by atoms with Crippen molar-refractivity contribution >= 4 is 11.9 Å². The van der Waals surface area contributed by atoms with Gasteiger partial charge in [0.2, 0.25) is 0 Å². The molecule has 0 spiro atoms. The van der Waals surface area contributed by atoms with Crippen molar-refractivity contribution in [1.29, 1.82) is 0 Å². The Kier molecular flexibility index (Phi) is 6.82. The minimum Gasteiger partial charge on any atom is -0.481 e. The van der Waals surface area contributed by atoms with E-state index in [1.807, 2.05) is 42.5 Å². The summed E-state index contributed by atoms with van der Waals surface area (Å²) in [5, 5.41) is 12.2. The third-order valence-corrected chi connectivity index (χ3v) is 5.35. The largest absolute Gasteiger partial charge is 0.481 e. The standard InChI is InChI=1S/C23H28N2O3/c1-25(15-17-6-3-2-4-7-17)16-18-8-5-9-20(14-18)22(26)24-21-12-10-19(11-13-21)23(27)28/h2-9,14,19,21H,10-13,15-16H2,1H3,(H,24,26)(H,27,28). The number of nitrogens with one attached hydrogen (secondary N) is 1. The molecule has 1 saturated carbocycles. The zero-order valence-corrected chi connectivity index (χ0v) is 16.3. The normalized spacial score (nSPS) is 19.4. The van der Waals surface area contributed by atoms with E-state index in [0.29, 0.717) is 18.4 Å². The highest BCUT2D eigenvalue weighted by atomic mass is 16.4. The van der Waals surface area contributed by atoms with Crippen molar-refractivity contribution < 1.29 is 14.7 Å². The van der Waals surface area contributed by atoms with Gasteiger partial charge in [-0.2, -0.15) is 0 Å². The van der Waals surface area contributed by atoms with Crippen LogP contribution in [-0.2, 0) is 17.9 Å². The average Bonchev–Trinajstić information content (AvgIpc) is 2.69. The molecule has 1 aliphatic carbocycles. The number of carbonyl (C=O) groups is 2. The Morgan fingerprint density at radius 1 is 0.964 bits per heavy atom. The maximum atomic E-state index is 12.6. The maximum absolute atomic E-state index is 12.6. The molecular formula is C23H28N2O3. The number of nitrogens with zero attached hydrogens (tertiary/aromatic N) is 1. The second-order valence-electron chi connectivity index (χ2n) is 7.72. The predicted octanol–water partition coefficient (Wildman–Crippen LogP) is 3.69. The molecule has 0 aromatic heterocycles. The summed E-state index contributed by atoms with van der Waals surface area (Å²) in [6.07, 6.45) is 2.71. The lowest BCUT2D eigenvalue weighted by molar-refractivity contribution is -0.142. The Morgan fingerprint density at radius 3 is 2.29 bits per heavy atom. The molecule has 0 unspecified atom stereocenters. The number of carboxylic acids is 1. The predicted molar refractivity (Wildman–Crippen MR) is 109 cm³/mol. The summed E-state index contributed by atoms with van der Waals surface area (Å²) in [4.78, 5) is 25.9. The van der Waals surface area contributed by atoms with Crippen LogP contribution in [-0.4, -0.2) is 35.0 Å². The fraction of sp³-hybridized carbons (Fsp3) is 0.391. The summed E-state index contributed by atoms with van der Waals surface area (Å²) >= 11 is 0. The Morgan fingerprint density at radius 2 is 1.61 bits per heavy atom. The van der Waals surface area contributed by atoms with Gasteiger partial charge in [0.05, 0.1) is 5.92 Å². The topological polar surface area (TPSA) is 69.6 Å². The summed E-state index contributed by atoms with van der Waals surface area (Å²) in [5.74, 6) is -1.07. The molecule has 0 atom stereocenters. The zero-order valence-electron chi connectivity index (χ0n) is 16.3. The Balaban J connectivity index is 1.54. The third kappa shape index (κ3) is 5.67. The minimum absolute atomic E-state index is 0.0625. The summed E-state index contributed by atoms with van der Waals surface area (Å²) in [6.45, 7) is 1.61. The van der Waals surface area contributed by atoms with Crippen molar-refractivity contribution in [3.8, 4) is 0 Å². The molecule has 28 heavy (non-hydrogen) atoms. The first kappa shape index (κ1) is 20.1. The number of hydrogen-bond acceptors (Lipinski definition) is 3. The quantitative estimate of drug-likeness (QED) is 0.769. The highest BCUT2D eigenvalue weighted by molar-refractivity contribution is 5.94. The van der Waals surface area contributed by atoms with Crippen molar-refractivity contribution in [3.05, 3.63) is 71.3 Å². The summed E-state index contributed by atoms with van der Waals surface area (Å²) in [5.41, 5.74) is 3.02. The van der Waals surface area contributed by atoms with Gasteiger partial charge in [0, 0.05) is 24.7 Å². The first-order valence-electron chi connectivity index (χ1n) is 9.86. The van der Waals surface area contributed by atoms with E-state index in [-0.39, 0.29) is 17.9 Å². The Hall–Kier alpha value is -2.66. The smallest absolute Gasteiger partial charge is 0.306 e. The molecule has 2 aromatic rings. The van der Waals surface area contributed by atoms with Gasteiger partial charge in [-0.05, 0) is 56.0 Å². The first-order valence-corrected chi connectivity index (χ1v) is 9.86. The molecular weight excluding hydrogens is 352 g/mol. The van der Waals surface area contributed by atoms with Crippen molar-refractivity contribution in [2.75, 3.05) is 7.05 Å². The Bertz CT molecular complexity index is 799. The van der Waals surface area contributed by atoms with Crippen LogP contribution in [0.2, 0.25) is 0 Å². The van der Waals surface area contributed by atoms with Gasteiger partial charge >= 0.3 is 5.97 Å². The fourth-order valence-electron chi connectivity index (χ4n) is 3.83. The van der Waals surface area contributed by atoms with Crippen molar-refractivity contribution in [2.45, 2.75) is 44.8 Å². The molecule has 1 aliphatic rings. The number of amides is 1. The molecule has 148 valence electrons. The van der Waals surface area contributed by atoms with Gasteiger partial charge in [-0.1, -0.05) is 42.5 Å². The highest BCUT2D eigenvalue weighted by Gasteiger charge is 2.26. The van der Waals surface area contributed by atoms with Crippen molar-refractivity contribution in [2.24, 2.45) is 5.92 Å². The molecule has 0 saturated heterocycles. The lowest BCUT2D eigenvalue weighted by atomic mass is 9.86. The molecule has 0 bridgehead atoms. The first-order chi connectivity index (χ1) is 13.5. The zero-order chi connectivity index (χ0) is 19.9. The van der Waals surface area contributed by atoms with E-state index in [1.54, 1.807) is 0 Å². The number of aliphatic carboxylic acids is 1. The Labute approximate surface area is 166 Å². The molecule has 1 fully saturated rings. The van der Waals surface area contributed by atoms with Gasteiger partial charge in [-0.3, -0.25) is 14.5 Å². The van der Waals surface area contributed by atoms with E-state index in [0.717, 1.165) is 31.5 Å². The molecule has 0 radical (unpaired) electrons. The van der Waals surface area contributed by atoms with E-state index in [2.05, 4.69) is 29.4 Å². The number of hydrogen-bond donors (Lipinski definition) is 2. The summed E-state index contributed by atoms with van der Waals surface area (Å²) < 4.78 is 0. The average molecular weight is 380 g/mol. The minimum atomic E-state index is -0.725. The third-order valence-electron chi connectivity index (χ3n) is 5.35. The van der Waals surface area contributed by atoms with E-state index in [1.165, 1.54) is 5.56 Å². The molecule has 0 heterocycles. The van der Waals surface area contributed by atoms with Gasteiger partial charge in [0.15, 0.2) is 0 Å². The maximum Gasteiger partial charge on any atom is 0.306 e. The second kappa shape index (κ2) is 9.51. The number of carbonyl (C=O) groups excluding carboxylic acids is 1. The molecule has 5 heteroatoms. The van der Waals surface area contributed by atoms with Crippen LogP contribution in [0.4, 0.5) is 0 Å². The number of carboxylic acid groups (broad SMARTS) is 1. The van der Waals surface area contributed by atoms with E-state index >= 15 is 0 Å². The van der Waals surface area contributed by atoms with E-state index in [4.69, 9.17) is 5.11 Å². The lowest BCUT2D eigenvalue weighted by Gasteiger charge is -2.27. The summed E-state index contributed by atoms with van der Waals surface area (Å²) in [6, 6.07) is 18.1. The van der Waals surface area contributed by atoms with Crippen LogP contribution in [0, 0.1) is 5.92 Å². The van der Waals surface area contributed by atoms with Crippen LogP contribution >= 0.6 is 0 Å². The number of benzene rings is 2. The number of rotatable bonds is 7. The molecule has 2 aromatic carbocycles. The van der Waals surface area contributed by atoms with Crippen LogP contribution in [0.25, 0.3) is 0 Å². The second-order valence-corrected chi connectivity index (χ2v) is 7.72. The highest BCUT2D eigenvalue weighted by Crippen LogP contribution is 2.24. The monoisotopic (exact) mass is 380 g/mol. The van der Waals surface area contributed by atoms with Gasteiger partial charge in [0.25, 0.3) is 5.91 Å². The van der Waals surface area contributed by atoms with Gasteiger partial charge in [-0.25, -0.2) is 0 Å². The fourth-order valence-corrected chi connectivity index (χ4v) is 3.83. The van der Waals surface area contributed by atoms with Crippen LogP contribution in [0.15, 0.2) is 54.6 Å². The SMILES string of the molecule is CN(Cc1ccccc1)Cc1cccc(C(=O)NC2CCC(C(=O)O)CC2)c1. The summed E-state index contributed by atoms with van der Waals surface area (Å²) in [7, 11) is 2.07. The van der Waals surface area contributed by atoms with Gasteiger partial charge < -0.3 is 10.4 Å². The van der Waals surface area contributed by atoms with Crippen LogP contribution < -0.4 is 5.32 Å². The van der Waals surface area contributed by atoms with Crippen LogP contribution in [0.5, 0.6) is 0 Å². The lowest BCUT2D eigenvalue weighted by Crippen LogP contribution is -2.38. The molecule has 2 N–H and O–H groups in total. The van der Waals surface area contributed by atoms with E-state index in [9.17, 15) is 9.59 Å². The molecule has 5 nitrogen and oxygen atoms in total. The van der Waals surface area contributed by atoms with Crippen LogP contribution in [0.1, 0.15) is 47.2 Å². The van der Waals surface area contributed by atoms with Gasteiger partial charge in [0.1, 0.15) is 0 Å². The van der Waals surface area contributed by atoms with Crippen molar-refractivity contribution in [3.63, 3.8) is 0 Å². The van der Waals surface area contributed by atoms with Gasteiger partial charge in [-0.15, -0.1) is 0 Å². The van der Waals surface area contributed by atoms with Crippen molar-refractivity contribution in [1.82, 2.24) is 10.2 Å². The molecule has 3 rings (SSSR count). The van der Waals surface area contributed by atoms with Crippen LogP contribution in [0.3, 0.4) is 0 Å². The molecule has 1 amide bonds. The molecule has 0 aliphatic heterocycles. The van der Waals surface area contributed by atoms with E-state index < -0.39 is 5.97 Å².